The van der Waals surface area contributed by atoms with Gasteiger partial charge in [0.25, 0.3) is 0 Å². The molecule has 11 heavy (non-hydrogen) atoms. The number of fused-ring (bicyclic) bond motifs is 1. The van der Waals surface area contributed by atoms with E-state index in [1.54, 1.807) is 12.3 Å². The van der Waals surface area contributed by atoms with Crippen molar-refractivity contribution in [3.8, 4) is 0 Å². The van der Waals surface area contributed by atoms with Gasteiger partial charge < -0.3 is 5.32 Å². The van der Waals surface area contributed by atoms with Gasteiger partial charge in [-0.15, -0.1) is 0 Å². The van der Waals surface area contributed by atoms with Crippen LogP contribution in [-0.2, 0) is 4.79 Å². The number of ketones is 1. The second kappa shape index (κ2) is 2.68. The molecule has 0 unspecified atom stereocenters. The van der Waals surface area contributed by atoms with Crippen molar-refractivity contribution in [2.24, 2.45) is 5.92 Å². The van der Waals surface area contributed by atoms with Crippen LogP contribution in [-0.4, -0.2) is 11.8 Å². The lowest BCUT2D eigenvalue weighted by Gasteiger charge is -2.32. The molecule has 0 aromatic carbocycles. The Morgan fingerprint density at radius 2 is 2.18 bits per heavy atom. The molecule has 1 N–H and O–H groups in total. The van der Waals surface area contributed by atoms with E-state index in [9.17, 15) is 4.79 Å². The molecule has 1 heterocycles. The molecular formula is C9H13NO. The Hall–Kier alpha value is -0.790. The lowest BCUT2D eigenvalue weighted by molar-refractivity contribution is -0.120. The summed E-state index contributed by atoms with van der Waals surface area (Å²) in [6.07, 6.45) is 8.22. The number of carbonyl (C=O) groups excluding carboxylic acids is 1. The van der Waals surface area contributed by atoms with Gasteiger partial charge in [0, 0.05) is 18.2 Å². The first-order valence-electron chi connectivity index (χ1n) is 4.34. The zero-order valence-corrected chi connectivity index (χ0v) is 6.55. The van der Waals surface area contributed by atoms with E-state index in [4.69, 9.17) is 0 Å². The predicted octanol–water partition coefficient (Wildman–Crippen LogP) is 1.23. The molecule has 1 saturated carbocycles. The molecule has 1 aliphatic heterocycles. The molecule has 2 aliphatic rings. The minimum absolute atomic E-state index is 0.286. The maximum Gasteiger partial charge on any atom is 0.162 e. The van der Waals surface area contributed by atoms with Crippen LogP contribution >= 0.6 is 0 Å². The van der Waals surface area contributed by atoms with Crippen LogP contribution < -0.4 is 5.32 Å². The maximum atomic E-state index is 11.3. The van der Waals surface area contributed by atoms with Gasteiger partial charge in [-0.3, -0.25) is 4.79 Å². The monoisotopic (exact) mass is 151 g/mol. The highest BCUT2D eigenvalue weighted by Gasteiger charge is 2.30. The van der Waals surface area contributed by atoms with E-state index in [2.05, 4.69) is 5.32 Å². The molecular weight excluding hydrogens is 138 g/mol. The first-order chi connectivity index (χ1) is 5.38. The summed E-state index contributed by atoms with van der Waals surface area (Å²) in [5, 5.41) is 3.25. The van der Waals surface area contributed by atoms with Crippen LogP contribution in [0.1, 0.15) is 25.7 Å². The van der Waals surface area contributed by atoms with E-state index in [-0.39, 0.29) is 5.92 Å². The number of hydrogen-bond donors (Lipinski definition) is 1. The first-order valence-corrected chi connectivity index (χ1v) is 4.34. The summed E-state index contributed by atoms with van der Waals surface area (Å²) in [6.45, 7) is 0. The van der Waals surface area contributed by atoms with Crippen LogP contribution in [0.3, 0.4) is 0 Å². The molecule has 0 aromatic rings. The summed E-state index contributed by atoms with van der Waals surface area (Å²) >= 11 is 0. The van der Waals surface area contributed by atoms with Gasteiger partial charge in [-0.05, 0) is 18.9 Å². The third-order valence-electron chi connectivity index (χ3n) is 2.69. The molecule has 0 radical (unpaired) electrons. The summed E-state index contributed by atoms with van der Waals surface area (Å²) in [6, 6.07) is 0.446. The van der Waals surface area contributed by atoms with Crippen LogP contribution in [0, 0.1) is 5.92 Å². The average molecular weight is 151 g/mol. The minimum atomic E-state index is 0.286. The molecule has 0 amide bonds. The lowest BCUT2D eigenvalue weighted by Crippen LogP contribution is -2.42. The van der Waals surface area contributed by atoms with Crippen molar-refractivity contribution in [1.29, 1.82) is 0 Å². The van der Waals surface area contributed by atoms with Crippen molar-refractivity contribution >= 4 is 5.78 Å². The van der Waals surface area contributed by atoms with Gasteiger partial charge in [-0.25, -0.2) is 0 Å². The number of allylic oxidation sites excluding steroid dienone is 1. The van der Waals surface area contributed by atoms with E-state index in [1.165, 1.54) is 19.3 Å². The summed E-state index contributed by atoms with van der Waals surface area (Å²) in [5.41, 5.74) is 0. The van der Waals surface area contributed by atoms with Crippen molar-refractivity contribution in [2.45, 2.75) is 31.7 Å². The van der Waals surface area contributed by atoms with Gasteiger partial charge in [0.1, 0.15) is 0 Å². The molecule has 2 heteroatoms. The predicted molar refractivity (Wildman–Crippen MR) is 43.0 cm³/mol. The van der Waals surface area contributed by atoms with Gasteiger partial charge in [0.2, 0.25) is 0 Å². The second-order valence-corrected chi connectivity index (χ2v) is 3.40. The Balaban J connectivity index is 2.14. The quantitative estimate of drug-likeness (QED) is 0.564. The van der Waals surface area contributed by atoms with Crippen molar-refractivity contribution < 1.29 is 4.79 Å². The lowest BCUT2D eigenvalue weighted by atomic mass is 9.80. The first kappa shape index (κ1) is 6.89. The zero-order valence-electron chi connectivity index (χ0n) is 6.55. The smallest absolute Gasteiger partial charge is 0.162 e. The van der Waals surface area contributed by atoms with Crippen molar-refractivity contribution in [2.75, 3.05) is 0 Å². The fraction of sp³-hybridized carbons (Fsp3) is 0.667. The van der Waals surface area contributed by atoms with E-state index in [0.717, 1.165) is 6.42 Å². The van der Waals surface area contributed by atoms with E-state index < -0.39 is 0 Å². The molecule has 2 nitrogen and oxygen atoms in total. The van der Waals surface area contributed by atoms with Gasteiger partial charge in [0.15, 0.2) is 5.78 Å². The fourth-order valence-electron chi connectivity index (χ4n) is 2.05. The number of hydrogen-bond acceptors (Lipinski definition) is 2. The van der Waals surface area contributed by atoms with E-state index in [0.29, 0.717) is 11.8 Å². The van der Waals surface area contributed by atoms with Crippen LogP contribution in [0.25, 0.3) is 0 Å². The summed E-state index contributed by atoms with van der Waals surface area (Å²) in [7, 11) is 0. The standard InChI is InChI=1S/C9H13NO/c11-9-5-6-10-8-4-2-1-3-7(8)9/h5-8,10H,1-4H2/t7-,8-/m1/s1. The molecule has 60 valence electrons. The average Bonchev–Trinajstić information content (AvgIpc) is 2.06. The molecule has 0 saturated heterocycles. The Bertz CT molecular complexity index is 198. The molecule has 0 aromatic heterocycles. The van der Waals surface area contributed by atoms with Crippen LogP contribution in [0.15, 0.2) is 12.3 Å². The highest BCUT2D eigenvalue weighted by Crippen LogP contribution is 2.27. The molecule has 1 fully saturated rings. The van der Waals surface area contributed by atoms with Crippen molar-refractivity contribution in [3.63, 3.8) is 0 Å². The topological polar surface area (TPSA) is 29.1 Å². The number of nitrogens with one attached hydrogen (secondary N) is 1. The highest BCUT2D eigenvalue weighted by molar-refractivity contribution is 5.93. The molecule has 1 aliphatic carbocycles. The molecule has 0 spiro atoms. The molecule has 2 atom stereocenters. The Kier molecular flexibility index (Phi) is 1.68. The highest BCUT2D eigenvalue weighted by atomic mass is 16.1. The van der Waals surface area contributed by atoms with Crippen molar-refractivity contribution in [1.82, 2.24) is 5.32 Å². The minimum Gasteiger partial charge on any atom is -0.387 e. The third-order valence-corrected chi connectivity index (χ3v) is 2.69. The Labute approximate surface area is 66.7 Å². The fourth-order valence-corrected chi connectivity index (χ4v) is 2.05. The summed E-state index contributed by atoms with van der Waals surface area (Å²) in [4.78, 5) is 11.3. The summed E-state index contributed by atoms with van der Waals surface area (Å²) < 4.78 is 0. The van der Waals surface area contributed by atoms with Crippen LogP contribution in [0.2, 0.25) is 0 Å². The van der Waals surface area contributed by atoms with Crippen LogP contribution in [0.5, 0.6) is 0 Å². The van der Waals surface area contributed by atoms with Crippen molar-refractivity contribution in [3.05, 3.63) is 12.3 Å². The molecule has 2 rings (SSSR count). The van der Waals surface area contributed by atoms with Gasteiger partial charge in [0.05, 0.1) is 0 Å². The SMILES string of the molecule is O=C1C=CN[C@@H]2CCCC[C@@H]12. The summed E-state index contributed by atoms with van der Waals surface area (Å²) in [5.74, 6) is 0.613. The number of rotatable bonds is 0. The normalized spacial score (nSPS) is 36.2. The van der Waals surface area contributed by atoms with Crippen LogP contribution in [0.4, 0.5) is 0 Å². The maximum absolute atomic E-state index is 11.3. The zero-order chi connectivity index (χ0) is 7.68. The largest absolute Gasteiger partial charge is 0.387 e. The van der Waals surface area contributed by atoms with Gasteiger partial charge >= 0.3 is 0 Å². The Morgan fingerprint density at radius 3 is 3.00 bits per heavy atom. The third kappa shape index (κ3) is 1.17. The van der Waals surface area contributed by atoms with E-state index >= 15 is 0 Å². The van der Waals surface area contributed by atoms with Gasteiger partial charge in [-0.1, -0.05) is 12.8 Å². The number of carbonyl (C=O) groups is 1. The second-order valence-electron chi connectivity index (χ2n) is 3.40. The molecule has 0 bridgehead atoms. The van der Waals surface area contributed by atoms with Gasteiger partial charge in [-0.2, -0.15) is 0 Å². The Morgan fingerprint density at radius 1 is 1.36 bits per heavy atom. The van der Waals surface area contributed by atoms with E-state index in [1.807, 2.05) is 0 Å².